The number of benzene rings is 1. The Morgan fingerprint density at radius 2 is 2.15 bits per heavy atom. The number of anilines is 1. The highest BCUT2D eigenvalue weighted by Crippen LogP contribution is 2.39. The Hall–Kier alpha value is -2.80. The van der Waals surface area contributed by atoms with Crippen LogP contribution in [0.3, 0.4) is 0 Å². The maximum atomic E-state index is 12.7. The molecule has 0 saturated carbocycles. The molecular formula is C20H21N3O3S. The number of hydrogen-bond donors (Lipinski definition) is 2. The van der Waals surface area contributed by atoms with E-state index in [0.29, 0.717) is 26.1 Å². The Bertz CT molecular complexity index is 891. The van der Waals surface area contributed by atoms with E-state index in [0.717, 1.165) is 26.6 Å². The van der Waals surface area contributed by atoms with Gasteiger partial charge in [0.05, 0.1) is 18.7 Å². The van der Waals surface area contributed by atoms with Gasteiger partial charge in [0.2, 0.25) is 0 Å². The third-order valence-electron chi connectivity index (χ3n) is 4.66. The number of rotatable bonds is 3. The highest BCUT2D eigenvalue weighted by molar-refractivity contribution is 7.16. The predicted octanol–water partition coefficient (Wildman–Crippen LogP) is 3.46. The van der Waals surface area contributed by atoms with Gasteiger partial charge in [-0.25, -0.2) is 4.79 Å². The SMILES string of the molecule is CCOC(=O)N1CCc2c(sc3c2C(=O)NC(/C=C\c2ccccc2)N3)C1. The first-order valence-corrected chi connectivity index (χ1v) is 9.84. The zero-order valence-corrected chi connectivity index (χ0v) is 15.8. The van der Waals surface area contributed by atoms with Crippen LogP contribution in [0.2, 0.25) is 0 Å². The number of nitrogens with zero attached hydrogens (tertiary/aromatic N) is 1. The number of nitrogens with one attached hydrogen (secondary N) is 2. The lowest BCUT2D eigenvalue weighted by Crippen LogP contribution is -2.43. The van der Waals surface area contributed by atoms with E-state index in [9.17, 15) is 9.59 Å². The highest BCUT2D eigenvalue weighted by Gasteiger charge is 2.33. The molecular weight excluding hydrogens is 362 g/mol. The molecule has 0 bridgehead atoms. The summed E-state index contributed by atoms with van der Waals surface area (Å²) in [4.78, 5) is 27.4. The van der Waals surface area contributed by atoms with Crippen molar-refractivity contribution in [3.8, 4) is 0 Å². The minimum atomic E-state index is -0.296. The summed E-state index contributed by atoms with van der Waals surface area (Å²) in [5.41, 5.74) is 2.85. The van der Waals surface area contributed by atoms with E-state index in [1.807, 2.05) is 42.5 Å². The van der Waals surface area contributed by atoms with Gasteiger partial charge >= 0.3 is 6.09 Å². The van der Waals surface area contributed by atoms with Crippen LogP contribution in [0.15, 0.2) is 36.4 Å². The van der Waals surface area contributed by atoms with E-state index in [4.69, 9.17) is 4.74 Å². The molecule has 6 nitrogen and oxygen atoms in total. The fourth-order valence-electron chi connectivity index (χ4n) is 3.37. The third kappa shape index (κ3) is 3.55. The molecule has 2 aromatic rings. The second-order valence-electron chi connectivity index (χ2n) is 6.44. The first-order chi connectivity index (χ1) is 13.2. The van der Waals surface area contributed by atoms with E-state index in [1.165, 1.54) is 0 Å². The maximum absolute atomic E-state index is 12.7. The second-order valence-corrected chi connectivity index (χ2v) is 7.55. The molecule has 27 heavy (non-hydrogen) atoms. The molecule has 1 unspecified atom stereocenters. The predicted molar refractivity (Wildman–Crippen MR) is 106 cm³/mol. The van der Waals surface area contributed by atoms with E-state index in [1.54, 1.807) is 23.2 Å². The van der Waals surface area contributed by atoms with Gasteiger partial charge in [-0.3, -0.25) is 4.79 Å². The van der Waals surface area contributed by atoms with Crippen LogP contribution >= 0.6 is 11.3 Å². The molecule has 2 N–H and O–H groups in total. The minimum absolute atomic E-state index is 0.0615. The van der Waals surface area contributed by atoms with Crippen molar-refractivity contribution in [1.29, 1.82) is 0 Å². The summed E-state index contributed by atoms with van der Waals surface area (Å²) in [6, 6.07) is 9.96. The summed E-state index contributed by atoms with van der Waals surface area (Å²) >= 11 is 1.55. The van der Waals surface area contributed by atoms with Gasteiger partial charge in [0.1, 0.15) is 11.2 Å². The van der Waals surface area contributed by atoms with Crippen molar-refractivity contribution in [2.24, 2.45) is 0 Å². The maximum Gasteiger partial charge on any atom is 0.410 e. The Morgan fingerprint density at radius 3 is 2.93 bits per heavy atom. The van der Waals surface area contributed by atoms with Crippen LogP contribution in [0.1, 0.15) is 33.3 Å². The summed E-state index contributed by atoms with van der Waals surface area (Å²) in [6.45, 7) is 3.22. The number of carbonyl (C=O) groups is 2. The van der Waals surface area contributed by atoms with Crippen molar-refractivity contribution >= 4 is 34.4 Å². The number of carbonyl (C=O) groups excluding carboxylic acids is 2. The zero-order chi connectivity index (χ0) is 18.8. The summed E-state index contributed by atoms with van der Waals surface area (Å²) in [6.07, 6.45) is 4.04. The van der Waals surface area contributed by atoms with Crippen molar-refractivity contribution in [2.45, 2.75) is 26.1 Å². The van der Waals surface area contributed by atoms with Gasteiger partial charge < -0.3 is 20.3 Å². The van der Waals surface area contributed by atoms with Crippen LogP contribution in [0.25, 0.3) is 6.08 Å². The first kappa shape index (κ1) is 17.6. The smallest absolute Gasteiger partial charge is 0.410 e. The van der Waals surface area contributed by atoms with Gasteiger partial charge in [0.15, 0.2) is 0 Å². The van der Waals surface area contributed by atoms with Crippen molar-refractivity contribution in [3.63, 3.8) is 0 Å². The average Bonchev–Trinajstić information content (AvgIpc) is 3.05. The van der Waals surface area contributed by atoms with Crippen LogP contribution in [0, 0.1) is 0 Å². The molecule has 0 fully saturated rings. The molecule has 4 rings (SSSR count). The molecule has 140 valence electrons. The molecule has 0 saturated heterocycles. The summed E-state index contributed by atoms with van der Waals surface area (Å²) in [5, 5.41) is 7.26. The third-order valence-corrected chi connectivity index (χ3v) is 5.81. The van der Waals surface area contributed by atoms with Crippen molar-refractivity contribution < 1.29 is 14.3 Å². The van der Waals surface area contributed by atoms with E-state index >= 15 is 0 Å². The molecule has 0 spiro atoms. The normalized spacial score (nSPS) is 18.5. The van der Waals surface area contributed by atoms with Crippen molar-refractivity contribution in [3.05, 3.63) is 58.0 Å². The van der Waals surface area contributed by atoms with Crippen LogP contribution in [0.4, 0.5) is 9.80 Å². The molecule has 1 aromatic heterocycles. The molecule has 1 aromatic carbocycles. The minimum Gasteiger partial charge on any atom is -0.450 e. The average molecular weight is 383 g/mol. The molecule has 0 radical (unpaired) electrons. The lowest BCUT2D eigenvalue weighted by atomic mass is 10.0. The Labute approximate surface area is 161 Å². The molecule has 3 heterocycles. The Morgan fingerprint density at radius 1 is 1.33 bits per heavy atom. The molecule has 2 aliphatic rings. The number of hydrogen-bond acceptors (Lipinski definition) is 5. The summed E-state index contributed by atoms with van der Waals surface area (Å²) in [5.74, 6) is -0.0615. The Kier molecular flexibility index (Phi) is 4.85. The standard InChI is InChI=1S/C20H21N3O3S/c1-2-26-20(25)23-11-10-14-15(12-23)27-19-17(14)18(24)21-16(22-19)9-8-13-6-4-3-5-7-13/h3-9,16,22H,2,10-12H2,1H3,(H,21,24)/b9-8-. The lowest BCUT2D eigenvalue weighted by Gasteiger charge is -2.27. The van der Waals surface area contributed by atoms with Crippen LogP contribution in [-0.4, -0.2) is 36.2 Å². The monoisotopic (exact) mass is 383 g/mol. The topological polar surface area (TPSA) is 70.7 Å². The van der Waals surface area contributed by atoms with Crippen LogP contribution < -0.4 is 10.6 Å². The molecule has 0 aliphatic carbocycles. The number of ether oxygens (including phenoxy) is 1. The number of thiophene rings is 1. The van der Waals surface area contributed by atoms with Crippen molar-refractivity contribution in [1.82, 2.24) is 10.2 Å². The van der Waals surface area contributed by atoms with Gasteiger partial charge in [-0.15, -0.1) is 11.3 Å². The fourth-order valence-corrected chi connectivity index (χ4v) is 4.67. The van der Waals surface area contributed by atoms with Crippen LogP contribution in [0.5, 0.6) is 0 Å². The number of amides is 2. The van der Waals surface area contributed by atoms with Gasteiger partial charge in [-0.05, 0) is 30.5 Å². The largest absolute Gasteiger partial charge is 0.450 e. The molecule has 7 heteroatoms. The first-order valence-electron chi connectivity index (χ1n) is 9.02. The van der Waals surface area contributed by atoms with Crippen LogP contribution in [-0.2, 0) is 17.7 Å². The van der Waals surface area contributed by atoms with Gasteiger partial charge in [-0.1, -0.05) is 36.4 Å². The quantitative estimate of drug-likeness (QED) is 0.852. The molecule has 2 aliphatic heterocycles. The zero-order valence-electron chi connectivity index (χ0n) is 15.0. The summed E-state index contributed by atoms with van der Waals surface area (Å²) in [7, 11) is 0. The van der Waals surface area contributed by atoms with Gasteiger partial charge in [-0.2, -0.15) is 0 Å². The number of fused-ring (bicyclic) bond motifs is 3. The Balaban J connectivity index is 1.52. The van der Waals surface area contributed by atoms with E-state index in [2.05, 4.69) is 10.6 Å². The highest BCUT2D eigenvalue weighted by atomic mass is 32.1. The lowest BCUT2D eigenvalue weighted by molar-refractivity contribution is 0.0941. The van der Waals surface area contributed by atoms with Gasteiger partial charge in [0.25, 0.3) is 5.91 Å². The molecule has 2 amide bonds. The van der Waals surface area contributed by atoms with E-state index in [-0.39, 0.29) is 18.2 Å². The van der Waals surface area contributed by atoms with E-state index < -0.39 is 0 Å². The molecule has 1 atom stereocenters. The fraction of sp³-hybridized carbons (Fsp3) is 0.300. The summed E-state index contributed by atoms with van der Waals surface area (Å²) < 4.78 is 5.10. The van der Waals surface area contributed by atoms with Gasteiger partial charge in [0, 0.05) is 11.4 Å². The van der Waals surface area contributed by atoms with Crippen molar-refractivity contribution in [2.75, 3.05) is 18.5 Å². The second kappa shape index (κ2) is 7.44.